The Labute approximate surface area is 72.8 Å². The first-order valence-corrected chi connectivity index (χ1v) is 3.44. The number of halogens is 2. The Balaban J connectivity index is 3.08. The zero-order valence-corrected chi connectivity index (χ0v) is 6.50. The van der Waals surface area contributed by atoms with Crippen LogP contribution in [0.5, 0.6) is 0 Å². The summed E-state index contributed by atoms with van der Waals surface area (Å²) in [6.45, 7) is 0. The average molecular weight is 187 g/mol. The van der Waals surface area contributed by atoms with Gasteiger partial charge in [0.2, 0.25) is 0 Å². The third-order valence-electron chi connectivity index (χ3n) is 1.53. The van der Waals surface area contributed by atoms with Crippen LogP contribution in [0, 0.1) is 11.6 Å². The van der Waals surface area contributed by atoms with Crippen molar-refractivity contribution in [3.63, 3.8) is 0 Å². The van der Waals surface area contributed by atoms with Gasteiger partial charge >= 0.3 is 0 Å². The lowest BCUT2D eigenvalue weighted by molar-refractivity contribution is -0.126. The maximum Gasteiger partial charge on any atom is 0.251 e. The van der Waals surface area contributed by atoms with Crippen molar-refractivity contribution in [1.82, 2.24) is 0 Å². The highest BCUT2D eigenvalue weighted by molar-refractivity contribution is 5.80. The molecule has 5 heteroatoms. The van der Waals surface area contributed by atoms with Gasteiger partial charge in [0.05, 0.1) is 0 Å². The quantitative estimate of drug-likeness (QED) is 0.707. The molecule has 1 rings (SSSR count). The highest BCUT2D eigenvalue weighted by atomic mass is 19.1. The molecule has 70 valence electrons. The summed E-state index contributed by atoms with van der Waals surface area (Å²) < 4.78 is 25.2. The number of aliphatic hydroxyl groups is 1. The lowest BCUT2D eigenvalue weighted by Crippen LogP contribution is -2.21. The van der Waals surface area contributed by atoms with Crippen LogP contribution in [0.25, 0.3) is 0 Å². The first-order valence-electron chi connectivity index (χ1n) is 3.44. The summed E-state index contributed by atoms with van der Waals surface area (Å²) in [5, 5.41) is 9.03. The molecule has 0 saturated carbocycles. The smallest absolute Gasteiger partial charge is 0.251 e. The van der Waals surface area contributed by atoms with Gasteiger partial charge in [0.1, 0.15) is 11.6 Å². The van der Waals surface area contributed by atoms with Crippen LogP contribution in [-0.2, 0) is 4.79 Å². The SMILES string of the molecule is NC(=O)[C@@H](O)c1ccc(F)cc1F. The highest BCUT2D eigenvalue weighted by Crippen LogP contribution is 2.17. The largest absolute Gasteiger partial charge is 0.378 e. The Morgan fingerprint density at radius 2 is 2.08 bits per heavy atom. The molecule has 1 atom stereocenters. The Bertz CT molecular complexity index is 341. The van der Waals surface area contributed by atoms with E-state index in [0.29, 0.717) is 6.07 Å². The summed E-state index contributed by atoms with van der Waals surface area (Å²) in [7, 11) is 0. The molecule has 1 amide bonds. The Hall–Kier alpha value is -1.49. The second-order valence-electron chi connectivity index (χ2n) is 2.47. The first-order chi connectivity index (χ1) is 6.02. The van der Waals surface area contributed by atoms with Gasteiger partial charge in [-0.2, -0.15) is 0 Å². The van der Waals surface area contributed by atoms with E-state index in [-0.39, 0.29) is 5.56 Å². The van der Waals surface area contributed by atoms with Crippen molar-refractivity contribution in [2.75, 3.05) is 0 Å². The number of benzene rings is 1. The molecule has 13 heavy (non-hydrogen) atoms. The van der Waals surface area contributed by atoms with Gasteiger partial charge in [-0.3, -0.25) is 4.79 Å². The normalized spacial score (nSPS) is 12.5. The number of hydrogen-bond acceptors (Lipinski definition) is 2. The van der Waals surface area contributed by atoms with Crippen molar-refractivity contribution >= 4 is 5.91 Å². The zero-order valence-electron chi connectivity index (χ0n) is 6.50. The summed E-state index contributed by atoms with van der Waals surface area (Å²) in [6, 6.07) is 2.48. The van der Waals surface area contributed by atoms with Gasteiger partial charge in [0.25, 0.3) is 5.91 Å². The van der Waals surface area contributed by atoms with Crippen LogP contribution >= 0.6 is 0 Å². The van der Waals surface area contributed by atoms with Crippen molar-refractivity contribution in [2.45, 2.75) is 6.10 Å². The second kappa shape index (κ2) is 3.49. The van der Waals surface area contributed by atoms with E-state index < -0.39 is 23.6 Å². The van der Waals surface area contributed by atoms with Gasteiger partial charge < -0.3 is 10.8 Å². The van der Waals surface area contributed by atoms with Crippen molar-refractivity contribution in [3.8, 4) is 0 Å². The fourth-order valence-corrected chi connectivity index (χ4v) is 0.877. The van der Waals surface area contributed by atoms with E-state index in [2.05, 4.69) is 0 Å². The minimum Gasteiger partial charge on any atom is -0.378 e. The summed E-state index contributed by atoms with van der Waals surface area (Å²) in [5.74, 6) is -2.85. The minimum absolute atomic E-state index is 0.325. The van der Waals surface area contributed by atoms with E-state index in [1.807, 2.05) is 0 Å². The molecule has 0 aliphatic heterocycles. The van der Waals surface area contributed by atoms with Gasteiger partial charge in [-0.05, 0) is 6.07 Å². The van der Waals surface area contributed by atoms with Gasteiger partial charge in [-0.25, -0.2) is 8.78 Å². The number of nitrogens with two attached hydrogens (primary N) is 1. The number of rotatable bonds is 2. The van der Waals surface area contributed by atoms with Crippen LogP contribution in [0.1, 0.15) is 11.7 Å². The number of hydrogen-bond donors (Lipinski definition) is 2. The van der Waals surface area contributed by atoms with Crippen LogP contribution in [0.3, 0.4) is 0 Å². The number of aliphatic hydroxyl groups excluding tert-OH is 1. The lowest BCUT2D eigenvalue weighted by atomic mass is 10.1. The van der Waals surface area contributed by atoms with Gasteiger partial charge in [0.15, 0.2) is 6.10 Å². The molecule has 0 aromatic heterocycles. The molecule has 1 aromatic carbocycles. The Kier molecular flexibility index (Phi) is 2.57. The van der Waals surface area contributed by atoms with E-state index >= 15 is 0 Å². The summed E-state index contributed by atoms with van der Waals surface area (Å²) in [5.41, 5.74) is 4.40. The first kappa shape index (κ1) is 9.60. The van der Waals surface area contributed by atoms with Gasteiger partial charge in [-0.15, -0.1) is 0 Å². The minimum atomic E-state index is -1.74. The Morgan fingerprint density at radius 1 is 1.46 bits per heavy atom. The van der Waals surface area contributed by atoms with E-state index in [9.17, 15) is 13.6 Å². The molecule has 0 bridgehead atoms. The van der Waals surface area contributed by atoms with E-state index in [0.717, 1.165) is 12.1 Å². The van der Waals surface area contributed by atoms with Crippen molar-refractivity contribution < 1.29 is 18.7 Å². The molecule has 0 saturated heterocycles. The van der Waals surface area contributed by atoms with E-state index in [4.69, 9.17) is 10.8 Å². The van der Waals surface area contributed by atoms with E-state index in [1.165, 1.54) is 0 Å². The summed E-state index contributed by atoms with van der Waals surface area (Å²) in [4.78, 5) is 10.4. The van der Waals surface area contributed by atoms with Crippen LogP contribution in [-0.4, -0.2) is 11.0 Å². The standard InChI is InChI=1S/C8H7F2NO2/c9-4-1-2-5(6(10)3-4)7(12)8(11)13/h1-3,7,12H,(H2,11,13)/t7-/m0/s1. The zero-order chi connectivity index (χ0) is 10.0. The van der Waals surface area contributed by atoms with Crippen molar-refractivity contribution in [1.29, 1.82) is 0 Å². The monoisotopic (exact) mass is 187 g/mol. The molecule has 0 fully saturated rings. The molecule has 0 aliphatic rings. The second-order valence-corrected chi connectivity index (χ2v) is 2.47. The number of amides is 1. The van der Waals surface area contributed by atoms with Crippen molar-refractivity contribution in [3.05, 3.63) is 35.4 Å². The van der Waals surface area contributed by atoms with Crippen molar-refractivity contribution in [2.24, 2.45) is 5.73 Å². The molecule has 0 spiro atoms. The van der Waals surface area contributed by atoms with Crippen LogP contribution in [0.4, 0.5) is 8.78 Å². The highest BCUT2D eigenvalue weighted by Gasteiger charge is 2.17. The lowest BCUT2D eigenvalue weighted by Gasteiger charge is -2.07. The molecule has 1 aromatic rings. The van der Waals surface area contributed by atoms with Crippen LogP contribution < -0.4 is 5.73 Å². The van der Waals surface area contributed by atoms with Gasteiger partial charge in [0, 0.05) is 11.6 Å². The van der Waals surface area contributed by atoms with E-state index in [1.54, 1.807) is 0 Å². The molecule has 3 N–H and O–H groups in total. The summed E-state index contributed by atoms with van der Waals surface area (Å²) >= 11 is 0. The molecular weight excluding hydrogens is 180 g/mol. The fraction of sp³-hybridized carbons (Fsp3) is 0.125. The Morgan fingerprint density at radius 3 is 2.54 bits per heavy atom. The topological polar surface area (TPSA) is 63.3 Å². The molecule has 0 unspecified atom stereocenters. The molecule has 0 heterocycles. The molecule has 0 aliphatic carbocycles. The van der Waals surface area contributed by atoms with Gasteiger partial charge in [-0.1, -0.05) is 6.07 Å². The molecule has 0 radical (unpaired) electrons. The van der Waals surface area contributed by atoms with Crippen LogP contribution in [0.15, 0.2) is 18.2 Å². The maximum absolute atomic E-state index is 12.9. The predicted molar refractivity (Wildman–Crippen MR) is 40.5 cm³/mol. The molecule has 3 nitrogen and oxygen atoms in total. The van der Waals surface area contributed by atoms with Crippen LogP contribution in [0.2, 0.25) is 0 Å². The summed E-state index contributed by atoms with van der Waals surface area (Å²) in [6.07, 6.45) is -1.74. The number of carbonyl (C=O) groups is 1. The molecular formula is C8H7F2NO2. The maximum atomic E-state index is 12.9. The number of carbonyl (C=O) groups excluding carboxylic acids is 1. The third kappa shape index (κ3) is 2.00. The average Bonchev–Trinajstić information content (AvgIpc) is 2.03. The number of primary amides is 1. The fourth-order valence-electron chi connectivity index (χ4n) is 0.877. The predicted octanol–water partition coefficient (Wildman–Crippen LogP) is 0.484. The third-order valence-corrected chi connectivity index (χ3v) is 1.53.